The third kappa shape index (κ3) is 3.23. The molecule has 0 radical (unpaired) electrons. The Hall–Kier alpha value is -2.08. The number of guanidine groups is 1. The van der Waals surface area contributed by atoms with Crippen molar-refractivity contribution < 1.29 is 4.79 Å². The Kier molecular flexibility index (Phi) is 4.01. The predicted molar refractivity (Wildman–Crippen MR) is 76.4 cm³/mol. The van der Waals surface area contributed by atoms with E-state index < -0.39 is 0 Å². The highest BCUT2D eigenvalue weighted by atomic mass is 16.2. The lowest BCUT2D eigenvalue weighted by atomic mass is 10.2. The fourth-order valence-corrected chi connectivity index (χ4v) is 2.12. The zero-order valence-electron chi connectivity index (χ0n) is 11.0. The molecule has 1 amide bonds. The van der Waals surface area contributed by atoms with Crippen LogP contribution in [0.3, 0.4) is 0 Å². The number of rotatable bonds is 3. The first kappa shape index (κ1) is 13.4. The molecule has 0 atom stereocenters. The Morgan fingerprint density at radius 3 is 2.47 bits per heavy atom. The summed E-state index contributed by atoms with van der Waals surface area (Å²) in [6.07, 6.45) is 0. The first-order chi connectivity index (χ1) is 9.10. The van der Waals surface area contributed by atoms with Crippen LogP contribution in [0.1, 0.15) is 6.92 Å². The van der Waals surface area contributed by atoms with Gasteiger partial charge in [0.25, 0.3) is 0 Å². The maximum atomic E-state index is 12.0. The molecule has 1 saturated heterocycles. The molecule has 0 spiro atoms. The van der Waals surface area contributed by atoms with E-state index >= 15 is 0 Å². The Balaban J connectivity index is 2.10. The zero-order valence-corrected chi connectivity index (χ0v) is 11.0. The summed E-state index contributed by atoms with van der Waals surface area (Å²) in [6.45, 7) is 5.06. The molecule has 0 aromatic heterocycles. The summed E-state index contributed by atoms with van der Waals surface area (Å²) in [6, 6.07) is 7.33. The summed E-state index contributed by atoms with van der Waals surface area (Å²) in [5.41, 5.74) is 12.2. The van der Waals surface area contributed by atoms with Crippen molar-refractivity contribution in [1.29, 1.82) is 0 Å². The van der Waals surface area contributed by atoms with Crippen molar-refractivity contribution in [2.75, 3.05) is 31.1 Å². The van der Waals surface area contributed by atoms with Gasteiger partial charge in [-0.3, -0.25) is 9.69 Å². The molecule has 1 aliphatic rings. The minimum absolute atomic E-state index is 0.0281. The lowest BCUT2D eigenvalue weighted by molar-refractivity contribution is -0.121. The average molecular weight is 261 g/mol. The van der Waals surface area contributed by atoms with E-state index in [0.717, 1.165) is 18.8 Å². The maximum Gasteiger partial charge on any atom is 0.241 e. The quantitative estimate of drug-likeness (QED) is 0.603. The molecule has 0 aliphatic carbocycles. The number of amides is 1. The number of aliphatic imine (C=N–C) groups is 1. The number of anilines is 1. The van der Waals surface area contributed by atoms with Gasteiger partial charge in [0.2, 0.25) is 5.91 Å². The van der Waals surface area contributed by atoms with Gasteiger partial charge in [-0.05, 0) is 30.8 Å². The van der Waals surface area contributed by atoms with Crippen LogP contribution in [-0.4, -0.2) is 42.9 Å². The highest BCUT2D eigenvalue weighted by Gasteiger charge is 2.23. The van der Waals surface area contributed by atoms with Gasteiger partial charge >= 0.3 is 0 Å². The average Bonchev–Trinajstić information content (AvgIpc) is 2.39. The van der Waals surface area contributed by atoms with E-state index in [1.165, 1.54) is 0 Å². The molecule has 0 unspecified atom stereocenters. The lowest BCUT2D eigenvalue weighted by Gasteiger charge is -2.33. The molecular weight excluding hydrogens is 242 g/mol. The monoisotopic (exact) mass is 261 g/mol. The molecule has 1 aromatic carbocycles. The minimum atomic E-state index is 0.0281. The molecule has 0 bridgehead atoms. The minimum Gasteiger partial charge on any atom is -0.370 e. The summed E-state index contributed by atoms with van der Waals surface area (Å²) in [4.78, 5) is 19.9. The molecule has 6 nitrogen and oxygen atoms in total. The molecule has 1 heterocycles. The van der Waals surface area contributed by atoms with Crippen LogP contribution in [0.5, 0.6) is 0 Å². The number of nitrogens with two attached hydrogens (primary N) is 2. The summed E-state index contributed by atoms with van der Waals surface area (Å²) < 4.78 is 0. The number of hydrogen-bond acceptors (Lipinski definition) is 3. The van der Waals surface area contributed by atoms with Gasteiger partial charge < -0.3 is 16.4 Å². The number of hydrogen-bond donors (Lipinski definition) is 2. The van der Waals surface area contributed by atoms with E-state index in [1.54, 1.807) is 17.0 Å². The molecule has 19 heavy (non-hydrogen) atoms. The number of nitrogens with zero attached hydrogens (tertiary/aromatic N) is 3. The smallest absolute Gasteiger partial charge is 0.241 e. The number of carbonyl (C=O) groups is 1. The van der Waals surface area contributed by atoms with Crippen LogP contribution < -0.4 is 16.4 Å². The second-order valence-corrected chi connectivity index (χ2v) is 4.47. The molecule has 1 aliphatic heterocycles. The highest BCUT2D eigenvalue weighted by molar-refractivity contribution is 5.95. The van der Waals surface area contributed by atoms with E-state index in [4.69, 9.17) is 11.5 Å². The molecule has 0 saturated carbocycles. The second-order valence-electron chi connectivity index (χ2n) is 4.47. The van der Waals surface area contributed by atoms with Gasteiger partial charge in [-0.1, -0.05) is 6.92 Å². The van der Waals surface area contributed by atoms with Crippen molar-refractivity contribution in [3.05, 3.63) is 24.3 Å². The van der Waals surface area contributed by atoms with Gasteiger partial charge in [0.05, 0.1) is 12.2 Å². The van der Waals surface area contributed by atoms with Crippen molar-refractivity contribution in [1.82, 2.24) is 4.90 Å². The van der Waals surface area contributed by atoms with E-state index in [0.29, 0.717) is 18.8 Å². The fourth-order valence-electron chi connectivity index (χ4n) is 2.12. The van der Waals surface area contributed by atoms with Crippen LogP contribution in [-0.2, 0) is 4.79 Å². The van der Waals surface area contributed by atoms with Crippen molar-refractivity contribution in [3.8, 4) is 0 Å². The molecule has 1 aromatic rings. The number of piperazine rings is 1. The molecule has 4 N–H and O–H groups in total. The van der Waals surface area contributed by atoms with E-state index in [9.17, 15) is 4.79 Å². The third-order valence-electron chi connectivity index (χ3n) is 3.17. The van der Waals surface area contributed by atoms with Gasteiger partial charge in [0.1, 0.15) is 0 Å². The molecule has 1 fully saturated rings. The van der Waals surface area contributed by atoms with Crippen LogP contribution in [0.15, 0.2) is 29.3 Å². The number of benzene rings is 1. The third-order valence-corrected chi connectivity index (χ3v) is 3.17. The maximum absolute atomic E-state index is 12.0. The Bertz CT molecular complexity index is 478. The number of carbonyl (C=O) groups excluding carboxylic acids is 1. The van der Waals surface area contributed by atoms with E-state index in [1.807, 2.05) is 12.1 Å². The van der Waals surface area contributed by atoms with Gasteiger partial charge in [-0.15, -0.1) is 0 Å². The Morgan fingerprint density at radius 1 is 1.26 bits per heavy atom. The second kappa shape index (κ2) is 5.71. The summed E-state index contributed by atoms with van der Waals surface area (Å²) in [5.74, 6) is 0.156. The normalized spacial score (nSPS) is 16.5. The van der Waals surface area contributed by atoms with Crippen molar-refractivity contribution in [2.45, 2.75) is 6.92 Å². The Morgan fingerprint density at radius 2 is 1.95 bits per heavy atom. The van der Waals surface area contributed by atoms with Gasteiger partial charge in [-0.2, -0.15) is 0 Å². The highest BCUT2D eigenvalue weighted by Crippen LogP contribution is 2.21. The number of likely N-dealkylation sites (N-methyl/N-ethyl adjacent to an activating group) is 1. The van der Waals surface area contributed by atoms with Crippen LogP contribution in [0.2, 0.25) is 0 Å². The van der Waals surface area contributed by atoms with Crippen molar-refractivity contribution in [2.24, 2.45) is 16.5 Å². The van der Waals surface area contributed by atoms with E-state index in [-0.39, 0.29) is 11.9 Å². The standard InChI is InChI=1S/C13H19N5O/c1-2-17-7-8-18(12(19)9-17)11-5-3-10(4-6-11)16-13(14)15/h3-6H,2,7-9H2,1H3,(H4,14,15,16). The van der Waals surface area contributed by atoms with E-state index in [2.05, 4.69) is 16.8 Å². The summed E-state index contributed by atoms with van der Waals surface area (Å²) in [7, 11) is 0. The van der Waals surface area contributed by atoms with Crippen LogP contribution >= 0.6 is 0 Å². The van der Waals surface area contributed by atoms with Gasteiger partial charge in [-0.25, -0.2) is 4.99 Å². The van der Waals surface area contributed by atoms with Crippen LogP contribution in [0, 0.1) is 0 Å². The predicted octanol–water partition coefficient (Wildman–Crippen LogP) is 0.260. The van der Waals surface area contributed by atoms with Crippen LogP contribution in [0.25, 0.3) is 0 Å². The summed E-state index contributed by atoms with van der Waals surface area (Å²) >= 11 is 0. The molecule has 102 valence electrons. The van der Waals surface area contributed by atoms with Gasteiger partial charge in [0.15, 0.2) is 5.96 Å². The first-order valence-electron chi connectivity index (χ1n) is 6.32. The zero-order chi connectivity index (χ0) is 13.8. The topological polar surface area (TPSA) is 87.9 Å². The molecular formula is C13H19N5O. The van der Waals surface area contributed by atoms with Crippen molar-refractivity contribution in [3.63, 3.8) is 0 Å². The molecule has 2 rings (SSSR count). The first-order valence-corrected chi connectivity index (χ1v) is 6.32. The Labute approximate surface area is 112 Å². The fraction of sp³-hybridized carbons (Fsp3) is 0.385. The van der Waals surface area contributed by atoms with Crippen molar-refractivity contribution >= 4 is 23.2 Å². The lowest BCUT2D eigenvalue weighted by Crippen LogP contribution is -2.50. The summed E-state index contributed by atoms with van der Waals surface area (Å²) in [5, 5.41) is 0. The van der Waals surface area contributed by atoms with Crippen LogP contribution in [0.4, 0.5) is 11.4 Å². The molecule has 6 heteroatoms. The largest absolute Gasteiger partial charge is 0.370 e. The van der Waals surface area contributed by atoms with Gasteiger partial charge in [0, 0.05) is 18.8 Å². The SMILES string of the molecule is CCN1CCN(c2ccc(N=C(N)N)cc2)C(=O)C1.